The molecule has 1 aliphatic rings. The number of carbonyl (C=O) groups excluding carboxylic acids is 1. The average Bonchev–Trinajstić information content (AvgIpc) is 3.35. The molecule has 0 spiro atoms. The summed E-state index contributed by atoms with van der Waals surface area (Å²) in [6.45, 7) is 6.73. The Kier molecular flexibility index (Phi) is 5.65. The summed E-state index contributed by atoms with van der Waals surface area (Å²) >= 11 is 0. The number of carbonyl (C=O) groups is 1. The lowest BCUT2D eigenvalue weighted by atomic mass is 10.0. The largest absolute Gasteiger partial charge is 0.383 e. The fourth-order valence-electron chi connectivity index (χ4n) is 2.81. The Morgan fingerprint density at radius 2 is 2.16 bits per heavy atom. The van der Waals surface area contributed by atoms with Gasteiger partial charge in [0.1, 0.15) is 0 Å². The molecule has 0 saturated heterocycles. The fourth-order valence-corrected chi connectivity index (χ4v) is 2.81. The van der Waals surface area contributed by atoms with E-state index in [0.29, 0.717) is 36.9 Å². The molecule has 0 unspecified atom stereocenters. The number of nitrogens with one attached hydrogen (secondary N) is 2. The van der Waals surface area contributed by atoms with Crippen LogP contribution in [0.15, 0.2) is 10.6 Å². The van der Waals surface area contributed by atoms with Gasteiger partial charge >= 0.3 is 0 Å². The Balaban J connectivity index is 1.78. The third-order valence-corrected chi connectivity index (χ3v) is 4.35. The van der Waals surface area contributed by atoms with Gasteiger partial charge in [0.25, 0.3) is 11.6 Å². The van der Waals surface area contributed by atoms with Gasteiger partial charge in [-0.3, -0.25) is 4.79 Å². The van der Waals surface area contributed by atoms with Crippen LogP contribution in [0.2, 0.25) is 0 Å². The van der Waals surface area contributed by atoms with E-state index in [1.807, 2.05) is 19.9 Å². The van der Waals surface area contributed by atoms with Crippen LogP contribution in [0.3, 0.4) is 0 Å². The molecule has 7 nitrogen and oxygen atoms in total. The molecule has 2 heterocycles. The minimum atomic E-state index is -0.104. The number of hydrogen-bond acceptors (Lipinski definition) is 6. The number of aromatic nitrogens is 2. The third-order valence-electron chi connectivity index (χ3n) is 4.35. The predicted octanol–water partition coefficient (Wildman–Crippen LogP) is 2.19. The zero-order chi connectivity index (χ0) is 17.8. The Morgan fingerprint density at radius 3 is 2.84 bits per heavy atom. The summed E-state index contributed by atoms with van der Waals surface area (Å²) in [4.78, 5) is 17.3. The average molecular weight is 346 g/mol. The van der Waals surface area contributed by atoms with Gasteiger partial charge in [-0.05, 0) is 24.8 Å². The molecule has 136 valence electrons. The third kappa shape index (κ3) is 4.16. The van der Waals surface area contributed by atoms with Crippen LogP contribution in [0.5, 0.6) is 0 Å². The first-order valence-corrected chi connectivity index (χ1v) is 8.90. The van der Waals surface area contributed by atoms with Gasteiger partial charge in [-0.25, -0.2) is 4.98 Å². The summed E-state index contributed by atoms with van der Waals surface area (Å²) in [5.74, 6) is 0.504. The number of ether oxygens (including phenoxy) is 1. The highest BCUT2D eigenvalue weighted by Crippen LogP contribution is 2.41. The summed E-state index contributed by atoms with van der Waals surface area (Å²) in [6.07, 6.45) is 2.24. The molecule has 1 aliphatic carbocycles. The number of hydrogen-bond donors (Lipinski definition) is 2. The zero-order valence-corrected chi connectivity index (χ0v) is 15.1. The van der Waals surface area contributed by atoms with E-state index in [4.69, 9.17) is 9.26 Å². The van der Waals surface area contributed by atoms with E-state index in [-0.39, 0.29) is 11.8 Å². The second kappa shape index (κ2) is 7.93. The maximum absolute atomic E-state index is 12.8. The lowest BCUT2D eigenvalue weighted by Gasteiger charge is -2.10. The second-order valence-corrected chi connectivity index (χ2v) is 6.77. The van der Waals surface area contributed by atoms with Gasteiger partial charge in [-0.1, -0.05) is 19.0 Å². The highest BCUT2D eigenvalue weighted by atomic mass is 16.5. The van der Waals surface area contributed by atoms with E-state index in [9.17, 15) is 4.79 Å². The van der Waals surface area contributed by atoms with Crippen molar-refractivity contribution in [2.24, 2.45) is 0 Å². The van der Waals surface area contributed by atoms with Crippen LogP contribution in [0.4, 0.5) is 0 Å². The van der Waals surface area contributed by atoms with Crippen molar-refractivity contribution in [3.05, 3.63) is 23.0 Å². The van der Waals surface area contributed by atoms with E-state index in [2.05, 4.69) is 20.8 Å². The van der Waals surface area contributed by atoms with Gasteiger partial charge in [-0.2, -0.15) is 0 Å². The van der Waals surface area contributed by atoms with Crippen molar-refractivity contribution >= 4 is 17.0 Å². The Morgan fingerprint density at radius 1 is 1.36 bits per heavy atom. The minimum absolute atomic E-state index is 0.104. The number of fused-ring (bicyclic) bond motifs is 1. The normalized spacial score (nSPS) is 14.4. The standard InChI is InChI=1S/C18H26N4O3/c1-11(2)16-15-13(17(23)20-7-6-19-8-9-24-3)10-14(12-4-5-12)21-18(15)25-22-16/h10-12,19H,4-9H2,1-3H3,(H,20,23). The van der Waals surface area contributed by atoms with Crippen molar-refractivity contribution in [3.8, 4) is 0 Å². The molecule has 2 N–H and O–H groups in total. The minimum Gasteiger partial charge on any atom is -0.383 e. The molecule has 7 heteroatoms. The lowest BCUT2D eigenvalue weighted by Crippen LogP contribution is -2.33. The molecule has 1 saturated carbocycles. The number of pyridine rings is 1. The van der Waals surface area contributed by atoms with E-state index in [1.54, 1.807) is 7.11 Å². The molecule has 2 aromatic heterocycles. The van der Waals surface area contributed by atoms with Gasteiger partial charge in [0, 0.05) is 38.4 Å². The maximum Gasteiger partial charge on any atom is 0.259 e. The quantitative estimate of drug-likeness (QED) is 0.677. The molecular formula is C18H26N4O3. The van der Waals surface area contributed by atoms with Crippen molar-refractivity contribution in [1.82, 2.24) is 20.8 Å². The number of amides is 1. The van der Waals surface area contributed by atoms with Crippen molar-refractivity contribution < 1.29 is 14.1 Å². The Bertz CT molecular complexity index is 737. The van der Waals surface area contributed by atoms with E-state index in [0.717, 1.165) is 36.2 Å². The summed E-state index contributed by atoms with van der Waals surface area (Å²) in [5.41, 5.74) is 2.81. The molecule has 0 bridgehead atoms. The lowest BCUT2D eigenvalue weighted by molar-refractivity contribution is 0.0955. The van der Waals surface area contributed by atoms with Crippen LogP contribution in [0.25, 0.3) is 11.1 Å². The summed E-state index contributed by atoms with van der Waals surface area (Å²) in [7, 11) is 1.67. The molecular weight excluding hydrogens is 320 g/mol. The maximum atomic E-state index is 12.8. The monoisotopic (exact) mass is 346 g/mol. The van der Waals surface area contributed by atoms with Crippen LogP contribution < -0.4 is 10.6 Å². The molecule has 0 atom stereocenters. The SMILES string of the molecule is COCCNCCNC(=O)c1cc(C2CC2)nc2onc(C(C)C)c12. The first-order chi connectivity index (χ1) is 12.1. The molecule has 2 aromatic rings. The first kappa shape index (κ1) is 17.8. The molecule has 25 heavy (non-hydrogen) atoms. The van der Waals surface area contributed by atoms with Crippen LogP contribution in [-0.2, 0) is 4.74 Å². The second-order valence-electron chi connectivity index (χ2n) is 6.77. The topological polar surface area (TPSA) is 89.3 Å². The molecule has 0 radical (unpaired) electrons. The van der Waals surface area contributed by atoms with Crippen LogP contribution in [0, 0.1) is 0 Å². The van der Waals surface area contributed by atoms with E-state index < -0.39 is 0 Å². The highest BCUT2D eigenvalue weighted by molar-refractivity contribution is 6.06. The van der Waals surface area contributed by atoms with Gasteiger partial charge < -0.3 is 19.9 Å². The molecule has 0 aliphatic heterocycles. The molecule has 1 amide bonds. The Hall–Kier alpha value is -1.99. The van der Waals surface area contributed by atoms with Crippen molar-refractivity contribution in [3.63, 3.8) is 0 Å². The van der Waals surface area contributed by atoms with Crippen LogP contribution in [-0.4, -0.2) is 49.4 Å². The smallest absolute Gasteiger partial charge is 0.259 e. The van der Waals surface area contributed by atoms with Gasteiger partial charge in [0.2, 0.25) is 0 Å². The van der Waals surface area contributed by atoms with E-state index >= 15 is 0 Å². The van der Waals surface area contributed by atoms with Crippen LogP contribution >= 0.6 is 0 Å². The van der Waals surface area contributed by atoms with Gasteiger partial charge in [0.15, 0.2) is 0 Å². The fraction of sp³-hybridized carbons (Fsp3) is 0.611. The van der Waals surface area contributed by atoms with Crippen molar-refractivity contribution in [1.29, 1.82) is 0 Å². The summed E-state index contributed by atoms with van der Waals surface area (Å²) < 4.78 is 10.4. The highest BCUT2D eigenvalue weighted by Gasteiger charge is 2.29. The molecule has 1 fully saturated rings. The Labute approximate surface area is 147 Å². The number of methoxy groups -OCH3 is 1. The van der Waals surface area contributed by atoms with E-state index in [1.165, 1.54) is 0 Å². The number of rotatable bonds is 9. The van der Waals surface area contributed by atoms with Crippen molar-refractivity contribution in [2.45, 2.75) is 38.5 Å². The summed E-state index contributed by atoms with van der Waals surface area (Å²) in [5, 5.41) is 11.1. The summed E-state index contributed by atoms with van der Waals surface area (Å²) in [6, 6.07) is 1.91. The van der Waals surface area contributed by atoms with Gasteiger partial charge in [-0.15, -0.1) is 0 Å². The molecule has 0 aromatic carbocycles. The number of nitrogens with zero attached hydrogens (tertiary/aromatic N) is 2. The van der Waals surface area contributed by atoms with Gasteiger partial charge in [0.05, 0.1) is 23.3 Å². The van der Waals surface area contributed by atoms with Crippen LogP contribution in [0.1, 0.15) is 60.3 Å². The van der Waals surface area contributed by atoms with Crippen molar-refractivity contribution in [2.75, 3.05) is 33.4 Å². The first-order valence-electron chi connectivity index (χ1n) is 8.90. The zero-order valence-electron chi connectivity index (χ0n) is 15.1. The molecule has 3 rings (SSSR count). The predicted molar refractivity (Wildman–Crippen MR) is 94.9 cm³/mol.